The lowest BCUT2D eigenvalue weighted by Gasteiger charge is -2.21. The van der Waals surface area contributed by atoms with Gasteiger partial charge in [-0.25, -0.2) is 0 Å². The number of rotatable bonds is 2. The Hall–Kier alpha value is -1.11. The van der Waals surface area contributed by atoms with E-state index < -0.39 is 0 Å². The smallest absolute Gasteiger partial charge is 0.0509 e. The Bertz CT molecular complexity index is 339. The maximum Gasteiger partial charge on any atom is 0.0509 e. The summed E-state index contributed by atoms with van der Waals surface area (Å²) in [6, 6.07) is 4.17. The Balaban J connectivity index is 2.27. The molecule has 0 saturated carbocycles. The molecule has 1 nitrogen and oxygen atoms in total. The summed E-state index contributed by atoms with van der Waals surface area (Å²) in [6.07, 6.45) is 8.78. The van der Waals surface area contributed by atoms with Crippen LogP contribution in [0.4, 0.5) is 0 Å². The van der Waals surface area contributed by atoms with Gasteiger partial charge >= 0.3 is 0 Å². The molecule has 0 bridgehead atoms. The van der Waals surface area contributed by atoms with Gasteiger partial charge in [0.05, 0.1) is 5.69 Å². The second kappa shape index (κ2) is 3.95. The van der Waals surface area contributed by atoms with Crippen LogP contribution in [0, 0.1) is 5.92 Å². The molecule has 14 heavy (non-hydrogen) atoms. The highest BCUT2D eigenvalue weighted by Gasteiger charge is 2.18. The van der Waals surface area contributed by atoms with Crippen LogP contribution in [-0.4, -0.2) is 4.98 Å². The molecular weight excluding hydrogens is 170 g/mol. The molecule has 0 amide bonds. The second-order valence-electron chi connectivity index (χ2n) is 4.44. The molecule has 1 aromatic heterocycles. The number of hydrogen-bond acceptors (Lipinski definition) is 1. The topological polar surface area (TPSA) is 12.9 Å². The van der Waals surface area contributed by atoms with E-state index in [0.29, 0.717) is 5.92 Å². The van der Waals surface area contributed by atoms with Crippen LogP contribution in [0.3, 0.4) is 0 Å². The van der Waals surface area contributed by atoms with E-state index in [9.17, 15) is 0 Å². The number of aromatic nitrogens is 1. The van der Waals surface area contributed by atoms with E-state index >= 15 is 0 Å². The minimum atomic E-state index is 0.635. The minimum absolute atomic E-state index is 0.635. The van der Waals surface area contributed by atoms with E-state index in [1.165, 1.54) is 17.7 Å². The summed E-state index contributed by atoms with van der Waals surface area (Å²) in [5, 5.41) is 0. The highest BCUT2D eigenvalue weighted by molar-refractivity contribution is 5.55. The molecule has 1 aliphatic carbocycles. The fraction of sp³-hybridized carbons (Fsp3) is 0.462. The quantitative estimate of drug-likeness (QED) is 0.689. The molecule has 0 fully saturated rings. The van der Waals surface area contributed by atoms with Crippen molar-refractivity contribution in [2.24, 2.45) is 5.92 Å². The van der Waals surface area contributed by atoms with E-state index in [1.807, 2.05) is 12.3 Å². The van der Waals surface area contributed by atoms with E-state index in [4.69, 9.17) is 0 Å². The lowest BCUT2D eigenvalue weighted by molar-refractivity contribution is 0.491. The highest BCUT2D eigenvalue weighted by atomic mass is 14.7. The third-order valence-corrected chi connectivity index (χ3v) is 2.73. The molecular formula is C13H17N. The molecule has 1 aliphatic rings. The van der Waals surface area contributed by atoms with E-state index in [1.54, 1.807) is 0 Å². The molecule has 1 heterocycles. The van der Waals surface area contributed by atoms with Crippen LogP contribution < -0.4 is 0 Å². The summed E-state index contributed by atoms with van der Waals surface area (Å²) in [7, 11) is 0. The van der Waals surface area contributed by atoms with Gasteiger partial charge in [0.15, 0.2) is 0 Å². The van der Waals surface area contributed by atoms with Gasteiger partial charge in [0.25, 0.3) is 0 Å². The van der Waals surface area contributed by atoms with Crippen molar-refractivity contribution < 1.29 is 0 Å². The molecule has 0 saturated heterocycles. The SMILES string of the molecule is CC(C)CC1CC=Cc2cccnc21. The largest absolute Gasteiger partial charge is 0.260 e. The van der Waals surface area contributed by atoms with Crippen molar-refractivity contribution in [3.8, 4) is 0 Å². The zero-order chi connectivity index (χ0) is 9.97. The lowest BCUT2D eigenvalue weighted by atomic mass is 9.85. The number of fused-ring (bicyclic) bond motifs is 1. The van der Waals surface area contributed by atoms with E-state index in [-0.39, 0.29) is 0 Å². The van der Waals surface area contributed by atoms with Gasteiger partial charge in [-0.1, -0.05) is 32.1 Å². The van der Waals surface area contributed by atoms with Gasteiger partial charge in [-0.2, -0.15) is 0 Å². The van der Waals surface area contributed by atoms with Crippen LogP contribution >= 0.6 is 0 Å². The fourth-order valence-corrected chi connectivity index (χ4v) is 2.16. The molecule has 0 aromatic carbocycles. The zero-order valence-electron chi connectivity index (χ0n) is 8.90. The van der Waals surface area contributed by atoms with Gasteiger partial charge in [0, 0.05) is 12.1 Å². The number of hydrogen-bond donors (Lipinski definition) is 0. The Morgan fingerprint density at radius 1 is 1.50 bits per heavy atom. The molecule has 0 N–H and O–H groups in total. The summed E-state index contributed by atoms with van der Waals surface area (Å²) < 4.78 is 0. The van der Waals surface area contributed by atoms with Gasteiger partial charge in [-0.05, 0) is 30.4 Å². The van der Waals surface area contributed by atoms with Gasteiger partial charge in [-0.15, -0.1) is 0 Å². The average Bonchev–Trinajstić information content (AvgIpc) is 2.18. The first-order chi connectivity index (χ1) is 6.77. The predicted molar refractivity (Wildman–Crippen MR) is 60.1 cm³/mol. The highest BCUT2D eigenvalue weighted by Crippen LogP contribution is 2.32. The Morgan fingerprint density at radius 3 is 3.14 bits per heavy atom. The monoisotopic (exact) mass is 187 g/mol. The number of nitrogens with zero attached hydrogens (tertiary/aromatic N) is 1. The lowest BCUT2D eigenvalue weighted by Crippen LogP contribution is -2.08. The van der Waals surface area contributed by atoms with Crippen molar-refractivity contribution in [3.63, 3.8) is 0 Å². The number of pyridine rings is 1. The van der Waals surface area contributed by atoms with Crippen molar-refractivity contribution in [1.82, 2.24) is 4.98 Å². The van der Waals surface area contributed by atoms with Crippen LogP contribution in [0.15, 0.2) is 24.4 Å². The number of allylic oxidation sites excluding steroid dienone is 1. The predicted octanol–water partition coefficient (Wildman–Crippen LogP) is 3.63. The van der Waals surface area contributed by atoms with Crippen molar-refractivity contribution in [2.45, 2.75) is 32.6 Å². The zero-order valence-corrected chi connectivity index (χ0v) is 8.90. The normalized spacial score (nSPS) is 19.8. The third kappa shape index (κ3) is 1.87. The molecule has 1 unspecified atom stereocenters. The van der Waals surface area contributed by atoms with Crippen LogP contribution in [0.1, 0.15) is 43.9 Å². The Morgan fingerprint density at radius 2 is 2.36 bits per heavy atom. The van der Waals surface area contributed by atoms with Crippen molar-refractivity contribution in [2.75, 3.05) is 0 Å². The summed E-state index contributed by atoms with van der Waals surface area (Å²) in [5.41, 5.74) is 2.60. The second-order valence-corrected chi connectivity index (χ2v) is 4.44. The summed E-state index contributed by atoms with van der Waals surface area (Å²) in [6.45, 7) is 4.56. The molecule has 1 heteroatoms. The summed E-state index contributed by atoms with van der Waals surface area (Å²) in [4.78, 5) is 4.50. The minimum Gasteiger partial charge on any atom is -0.260 e. The molecule has 2 rings (SSSR count). The van der Waals surface area contributed by atoms with Crippen molar-refractivity contribution in [1.29, 1.82) is 0 Å². The molecule has 74 valence electrons. The fourth-order valence-electron chi connectivity index (χ4n) is 2.16. The average molecular weight is 187 g/mol. The van der Waals surface area contributed by atoms with E-state index in [0.717, 1.165) is 12.3 Å². The van der Waals surface area contributed by atoms with E-state index in [2.05, 4.69) is 37.0 Å². The third-order valence-electron chi connectivity index (χ3n) is 2.73. The van der Waals surface area contributed by atoms with Gasteiger partial charge in [0.1, 0.15) is 0 Å². The molecule has 0 aliphatic heterocycles. The van der Waals surface area contributed by atoms with Crippen LogP contribution in [0.2, 0.25) is 0 Å². The Kier molecular flexibility index (Phi) is 2.67. The first-order valence-corrected chi connectivity index (χ1v) is 5.39. The summed E-state index contributed by atoms with van der Waals surface area (Å²) in [5.74, 6) is 1.39. The molecule has 0 radical (unpaired) electrons. The van der Waals surface area contributed by atoms with Crippen LogP contribution in [0.25, 0.3) is 6.08 Å². The maximum atomic E-state index is 4.50. The van der Waals surface area contributed by atoms with Crippen molar-refractivity contribution >= 4 is 6.08 Å². The van der Waals surface area contributed by atoms with Crippen molar-refractivity contribution in [3.05, 3.63) is 35.7 Å². The molecule has 0 spiro atoms. The van der Waals surface area contributed by atoms with Gasteiger partial charge in [-0.3, -0.25) is 4.98 Å². The van der Waals surface area contributed by atoms with Crippen LogP contribution in [-0.2, 0) is 0 Å². The molecule has 1 aromatic rings. The Labute approximate surface area is 85.9 Å². The van der Waals surface area contributed by atoms with Gasteiger partial charge in [0.2, 0.25) is 0 Å². The maximum absolute atomic E-state index is 4.50. The van der Waals surface area contributed by atoms with Crippen LogP contribution in [0.5, 0.6) is 0 Å². The molecule has 1 atom stereocenters. The first-order valence-electron chi connectivity index (χ1n) is 5.39. The summed E-state index contributed by atoms with van der Waals surface area (Å²) >= 11 is 0. The standard InChI is InChI=1S/C13H17N/c1-10(2)9-12-6-3-5-11-7-4-8-14-13(11)12/h3-5,7-8,10,12H,6,9H2,1-2H3. The first kappa shape index (κ1) is 9.45. The van der Waals surface area contributed by atoms with Gasteiger partial charge < -0.3 is 0 Å².